The Morgan fingerprint density at radius 2 is 1.76 bits per heavy atom. The Balaban J connectivity index is 1.77. The molecule has 0 unspecified atom stereocenters. The Kier molecular flexibility index (Phi) is 6.17. The molecule has 0 spiro atoms. The molecular weight excluding hydrogens is 282 g/mol. The highest BCUT2D eigenvalue weighted by atomic mass is 32.1. The third-order valence-electron chi connectivity index (χ3n) is 4.59. The maximum absolute atomic E-state index is 10.4. The molecule has 0 saturated carbocycles. The van der Waals surface area contributed by atoms with Gasteiger partial charge in [0.15, 0.2) is 0 Å². The summed E-state index contributed by atoms with van der Waals surface area (Å²) < 4.78 is 0. The number of hydrogen-bond donors (Lipinski definition) is 1. The van der Waals surface area contributed by atoms with E-state index in [4.69, 9.17) is 0 Å². The van der Waals surface area contributed by atoms with Crippen LogP contribution in [0.15, 0.2) is 5.38 Å². The minimum atomic E-state index is -0.507. The fourth-order valence-corrected chi connectivity index (χ4v) is 3.54. The molecule has 2 heterocycles. The summed E-state index contributed by atoms with van der Waals surface area (Å²) in [5.41, 5.74) is 0.705. The molecule has 21 heavy (non-hydrogen) atoms. The van der Waals surface area contributed by atoms with E-state index in [1.54, 1.807) is 11.3 Å². The first-order valence-corrected chi connectivity index (χ1v) is 9.07. The summed E-state index contributed by atoms with van der Waals surface area (Å²) >= 11 is 1.77. The van der Waals surface area contributed by atoms with Gasteiger partial charge in [-0.15, -0.1) is 11.3 Å². The van der Waals surface area contributed by atoms with Crippen molar-refractivity contribution in [2.75, 3.05) is 32.7 Å². The van der Waals surface area contributed by atoms with E-state index in [-0.39, 0.29) is 0 Å². The van der Waals surface area contributed by atoms with Crippen molar-refractivity contribution in [3.63, 3.8) is 0 Å². The molecule has 0 aromatic carbocycles. The first-order valence-electron chi connectivity index (χ1n) is 8.19. The Morgan fingerprint density at radius 3 is 2.29 bits per heavy atom. The Morgan fingerprint density at radius 1 is 1.14 bits per heavy atom. The Hall–Kier alpha value is -0.490. The molecule has 2 rings (SSSR count). The van der Waals surface area contributed by atoms with Crippen molar-refractivity contribution in [2.24, 2.45) is 0 Å². The monoisotopic (exact) mass is 311 g/mol. The van der Waals surface area contributed by atoms with Crippen molar-refractivity contribution in [3.8, 4) is 0 Å². The highest BCUT2D eigenvalue weighted by Gasteiger charge is 2.27. The molecule has 1 fully saturated rings. The van der Waals surface area contributed by atoms with Gasteiger partial charge in [0.25, 0.3) is 0 Å². The molecule has 0 atom stereocenters. The number of thiazole rings is 1. The third-order valence-corrected chi connectivity index (χ3v) is 5.63. The van der Waals surface area contributed by atoms with Gasteiger partial charge in [0, 0.05) is 44.6 Å². The predicted octanol–water partition coefficient (Wildman–Crippen LogP) is 2.37. The summed E-state index contributed by atoms with van der Waals surface area (Å²) in [5.74, 6) is 0. The Bertz CT molecular complexity index is 423. The maximum atomic E-state index is 10.4. The van der Waals surface area contributed by atoms with Gasteiger partial charge in [0.1, 0.15) is 0 Å². The zero-order valence-electron chi connectivity index (χ0n) is 13.6. The van der Waals surface area contributed by atoms with Crippen LogP contribution in [0.25, 0.3) is 0 Å². The largest absolute Gasteiger partial charge is 0.389 e. The molecule has 1 saturated heterocycles. The fourth-order valence-electron chi connectivity index (χ4n) is 2.81. The van der Waals surface area contributed by atoms with Gasteiger partial charge in [0.2, 0.25) is 0 Å². The molecule has 1 aliphatic rings. The number of aryl methyl sites for hydroxylation is 1. The minimum Gasteiger partial charge on any atom is -0.389 e. The van der Waals surface area contributed by atoms with Crippen molar-refractivity contribution in [3.05, 3.63) is 16.1 Å². The zero-order chi connectivity index (χ0) is 15.3. The van der Waals surface area contributed by atoms with E-state index >= 15 is 0 Å². The number of aliphatic hydroxyl groups is 1. The first kappa shape index (κ1) is 16.9. The van der Waals surface area contributed by atoms with Crippen LogP contribution in [0, 0.1) is 0 Å². The second-order valence-electron chi connectivity index (χ2n) is 6.07. The Labute approximate surface area is 132 Å². The van der Waals surface area contributed by atoms with Crippen LogP contribution in [0.2, 0.25) is 0 Å². The summed E-state index contributed by atoms with van der Waals surface area (Å²) in [6.07, 6.45) is 2.70. The van der Waals surface area contributed by atoms with Crippen molar-refractivity contribution < 1.29 is 5.11 Å². The van der Waals surface area contributed by atoms with Crippen molar-refractivity contribution in [2.45, 2.75) is 52.2 Å². The third kappa shape index (κ3) is 4.74. The van der Waals surface area contributed by atoms with Gasteiger partial charge in [-0.2, -0.15) is 0 Å². The molecular formula is C16H29N3OS. The van der Waals surface area contributed by atoms with E-state index in [1.165, 1.54) is 10.7 Å². The molecule has 0 radical (unpaired) electrons. The van der Waals surface area contributed by atoms with Gasteiger partial charge in [-0.25, -0.2) is 4.98 Å². The van der Waals surface area contributed by atoms with Crippen molar-refractivity contribution in [1.82, 2.24) is 14.8 Å². The minimum absolute atomic E-state index is 0.507. The number of β-amino-alcohol motifs (C(OH)–C–C–N with tert-alkyl or cyclic N) is 1. The van der Waals surface area contributed by atoms with Gasteiger partial charge in [-0.1, -0.05) is 20.8 Å². The lowest BCUT2D eigenvalue weighted by Crippen LogP contribution is -2.51. The van der Waals surface area contributed by atoms with Gasteiger partial charge >= 0.3 is 0 Å². The summed E-state index contributed by atoms with van der Waals surface area (Å²) in [7, 11) is 0. The van der Waals surface area contributed by atoms with Crippen LogP contribution in [0.3, 0.4) is 0 Å². The summed E-state index contributed by atoms with van der Waals surface area (Å²) in [5, 5.41) is 13.9. The predicted molar refractivity (Wildman–Crippen MR) is 88.7 cm³/mol. The lowest BCUT2D eigenvalue weighted by atomic mass is 9.96. The lowest BCUT2D eigenvalue weighted by Gasteiger charge is -2.38. The molecule has 5 heteroatoms. The highest BCUT2D eigenvalue weighted by molar-refractivity contribution is 7.09. The SMILES string of the molecule is CCc1nc(CN2CCN(CC(O)(CC)CC)CC2)cs1. The summed E-state index contributed by atoms with van der Waals surface area (Å²) in [6.45, 7) is 12.3. The summed E-state index contributed by atoms with van der Waals surface area (Å²) in [6, 6.07) is 0. The van der Waals surface area contributed by atoms with Crippen LogP contribution < -0.4 is 0 Å². The van der Waals surface area contributed by atoms with Gasteiger partial charge < -0.3 is 5.11 Å². The molecule has 0 aliphatic carbocycles. The maximum Gasteiger partial charge on any atom is 0.0926 e. The molecule has 1 aliphatic heterocycles. The van der Waals surface area contributed by atoms with Gasteiger partial charge in [-0.3, -0.25) is 9.80 Å². The van der Waals surface area contributed by atoms with Gasteiger partial charge in [-0.05, 0) is 19.3 Å². The molecule has 0 bridgehead atoms. The number of aromatic nitrogens is 1. The van der Waals surface area contributed by atoms with E-state index in [2.05, 4.69) is 40.9 Å². The second kappa shape index (κ2) is 7.68. The first-order chi connectivity index (χ1) is 10.1. The van der Waals surface area contributed by atoms with Gasteiger partial charge in [0.05, 0.1) is 16.3 Å². The van der Waals surface area contributed by atoms with E-state index < -0.39 is 5.60 Å². The highest BCUT2D eigenvalue weighted by Crippen LogP contribution is 2.18. The van der Waals surface area contributed by atoms with E-state index in [9.17, 15) is 5.11 Å². The van der Waals surface area contributed by atoms with Crippen molar-refractivity contribution in [1.29, 1.82) is 0 Å². The topological polar surface area (TPSA) is 39.6 Å². The van der Waals surface area contributed by atoms with E-state index in [1.807, 2.05) is 0 Å². The molecule has 0 amide bonds. The molecule has 1 N–H and O–H groups in total. The van der Waals surface area contributed by atoms with Crippen LogP contribution in [-0.4, -0.2) is 58.2 Å². The number of piperazine rings is 1. The van der Waals surface area contributed by atoms with E-state index in [0.29, 0.717) is 0 Å². The van der Waals surface area contributed by atoms with Crippen molar-refractivity contribution >= 4 is 11.3 Å². The smallest absolute Gasteiger partial charge is 0.0926 e. The quantitative estimate of drug-likeness (QED) is 0.839. The molecule has 1 aromatic rings. The zero-order valence-corrected chi connectivity index (χ0v) is 14.5. The lowest BCUT2D eigenvalue weighted by molar-refractivity contribution is -0.0162. The van der Waals surface area contributed by atoms with Crippen LogP contribution in [-0.2, 0) is 13.0 Å². The van der Waals surface area contributed by atoms with E-state index in [0.717, 1.165) is 58.5 Å². The average Bonchev–Trinajstić information content (AvgIpc) is 2.97. The molecule has 1 aromatic heterocycles. The summed E-state index contributed by atoms with van der Waals surface area (Å²) in [4.78, 5) is 9.53. The number of hydrogen-bond acceptors (Lipinski definition) is 5. The van der Waals surface area contributed by atoms with Crippen LogP contribution in [0.1, 0.15) is 44.3 Å². The molecule has 4 nitrogen and oxygen atoms in total. The standard InChI is InChI=1S/C16H29N3OS/c1-4-15-17-14(12-21-15)11-18-7-9-19(10-8-18)13-16(20,5-2)6-3/h12,20H,4-11,13H2,1-3H3. The normalized spacial score (nSPS) is 18.3. The average molecular weight is 311 g/mol. The van der Waals surface area contributed by atoms with Crippen LogP contribution in [0.5, 0.6) is 0 Å². The van der Waals surface area contributed by atoms with Crippen LogP contribution >= 0.6 is 11.3 Å². The number of nitrogens with zero attached hydrogens (tertiary/aromatic N) is 3. The second-order valence-corrected chi connectivity index (χ2v) is 7.01. The number of rotatable bonds is 7. The van der Waals surface area contributed by atoms with Crippen LogP contribution in [0.4, 0.5) is 0 Å². The molecule has 120 valence electrons. The fraction of sp³-hybridized carbons (Fsp3) is 0.812.